The van der Waals surface area contributed by atoms with Crippen LogP contribution in [0.1, 0.15) is 20.8 Å². The molecule has 2 aliphatic heterocycles. The number of thioether (sulfide) groups is 2. The summed E-state index contributed by atoms with van der Waals surface area (Å²) >= 11 is 3.08. The number of carbonyl (C=O) groups excluding carboxylic acids is 3. The number of rotatable bonds is 3. The normalized spacial score (nSPS) is 22.8. The van der Waals surface area contributed by atoms with E-state index in [4.69, 9.17) is 0 Å². The third-order valence-electron chi connectivity index (χ3n) is 3.15. The summed E-state index contributed by atoms with van der Waals surface area (Å²) < 4.78 is 0. The molecule has 21 heavy (non-hydrogen) atoms. The Morgan fingerprint density at radius 2 is 2.00 bits per heavy atom. The molecule has 0 unspecified atom stereocenters. The summed E-state index contributed by atoms with van der Waals surface area (Å²) in [6.07, 6.45) is 0. The van der Waals surface area contributed by atoms with Gasteiger partial charge in [0.05, 0.1) is 17.5 Å². The van der Waals surface area contributed by atoms with Gasteiger partial charge in [0.15, 0.2) is 0 Å². The molecule has 0 aliphatic carbocycles. The van der Waals surface area contributed by atoms with Gasteiger partial charge in [0.1, 0.15) is 12.6 Å². The molecule has 0 aromatic rings. The number of carbonyl (C=O) groups is 3. The van der Waals surface area contributed by atoms with Crippen LogP contribution in [0.5, 0.6) is 0 Å². The quantitative estimate of drug-likeness (QED) is 0.807. The molecular formula is C13H21N3O3S2. The molecule has 8 heteroatoms. The Balaban J connectivity index is 1.96. The first-order chi connectivity index (χ1) is 9.78. The molecule has 6 nitrogen and oxygen atoms in total. The maximum absolute atomic E-state index is 12.4. The lowest BCUT2D eigenvalue weighted by atomic mass is 10.1. The Hall–Kier alpha value is -0.890. The first kappa shape index (κ1) is 16.5. The van der Waals surface area contributed by atoms with Crippen LogP contribution in [0.3, 0.4) is 0 Å². The highest BCUT2D eigenvalue weighted by atomic mass is 32.2. The largest absolute Gasteiger partial charge is 0.350 e. The second-order valence-corrected chi connectivity index (χ2v) is 8.14. The highest BCUT2D eigenvalue weighted by molar-refractivity contribution is 8.00. The molecular weight excluding hydrogens is 310 g/mol. The van der Waals surface area contributed by atoms with Gasteiger partial charge >= 0.3 is 0 Å². The van der Waals surface area contributed by atoms with Crippen LogP contribution in [0, 0.1) is 0 Å². The first-order valence-corrected chi connectivity index (χ1v) is 9.13. The van der Waals surface area contributed by atoms with Crippen molar-refractivity contribution in [3.8, 4) is 0 Å². The highest BCUT2D eigenvalue weighted by Crippen LogP contribution is 2.23. The summed E-state index contributed by atoms with van der Waals surface area (Å²) in [7, 11) is 0. The standard InChI is InChI=1S/C13H21N3O3S2/c1-13(2,3)14-12(19)9-5-20-8-16(9)10(17)4-15-7-21-6-11(15)18/h9H,4-8H2,1-3H3,(H,14,19)/t9-/m0/s1. The number of nitrogens with zero attached hydrogens (tertiary/aromatic N) is 2. The van der Waals surface area contributed by atoms with Crippen molar-refractivity contribution in [2.24, 2.45) is 0 Å². The molecule has 2 saturated heterocycles. The fraction of sp³-hybridized carbons (Fsp3) is 0.769. The summed E-state index contributed by atoms with van der Waals surface area (Å²) in [5.41, 5.74) is -0.319. The molecule has 0 aromatic heterocycles. The molecule has 0 bridgehead atoms. The third-order valence-corrected chi connectivity index (χ3v) is 5.11. The lowest BCUT2D eigenvalue weighted by Crippen LogP contribution is -2.53. The Morgan fingerprint density at radius 1 is 1.29 bits per heavy atom. The number of amides is 3. The van der Waals surface area contributed by atoms with Crippen LogP contribution >= 0.6 is 23.5 Å². The molecule has 118 valence electrons. The highest BCUT2D eigenvalue weighted by Gasteiger charge is 2.37. The van der Waals surface area contributed by atoms with Crippen LogP contribution < -0.4 is 5.32 Å². The van der Waals surface area contributed by atoms with Crippen molar-refractivity contribution in [1.29, 1.82) is 0 Å². The van der Waals surface area contributed by atoms with E-state index >= 15 is 0 Å². The van der Waals surface area contributed by atoms with Crippen LogP contribution in [0.15, 0.2) is 0 Å². The molecule has 0 aromatic carbocycles. The van der Waals surface area contributed by atoms with E-state index in [0.29, 0.717) is 23.3 Å². The summed E-state index contributed by atoms with van der Waals surface area (Å²) in [6, 6.07) is -0.438. The lowest BCUT2D eigenvalue weighted by Gasteiger charge is -2.28. The maximum Gasteiger partial charge on any atom is 0.244 e. The van der Waals surface area contributed by atoms with E-state index < -0.39 is 6.04 Å². The predicted molar refractivity (Wildman–Crippen MR) is 84.9 cm³/mol. The van der Waals surface area contributed by atoms with Crippen molar-refractivity contribution in [2.75, 3.05) is 29.8 Å². The monoisotopic (exact) mass is 331 g/mol. The van der Waals surface area contributed by atoms with Crippen molar-refractivity contribution in [1.82, 2.24) is 15.1 Å². The summed E-state index contributed by atoms with van der Waals surface area (Å²) in [5, 5.41) is 2.92. The van der Waals surface area contributed by atoms with E-state index in [-0.39, 0.29) is 29.8 Å². The fourth-order valence-electron chi connectivity index (χ4n) is 2.15. The Labute approximate surface area is 133 Å². The van der Waals surface area contributed by atoms with Gasteiger partial charge < -0.3 is 15.1 Å². The van der Waals surface area contributed by atoms with Gasteiger partial charge in [-0.2, -0.15) is 0 Å². The minimum Gasteiger partial charge on any atom is -0.350 e. The smallest absolute Gasteiger partial charge is 0.244 e. The molecule has 1 atom stereocenters. The van der Waals surface area contributed by atoms with Gasteiger partial charge in [0.25, 0.3) is 0 Å². The van der Waals surface area contributed by atoms with Crippen molar-refractivity contribution in [3.63, 3.8) is 0 Å². The topological polar surface area (TPSA) is 69.7 Å². The fourth-order valence-corrected chi connectivity index (χ4v) is 4.24. The molecule has 0 spiro atoms. The van der Waals surface area contributed by atoms with Gasteiger partial charge in [0, 0.05) is 11.3 Å². The summed E-state index contributed by atoms with van der Waals surface area (Å²) in [6.45, 7) is 5.82. The first-order valence-electron chi connectivity index (χ1n) is 6.83. The molecule has 2 aliphatic rings. The zero-order valence-corrected chi connectivity index (χ0v) is 14.2. The molecule has 0 saturated carbocycles. The van der Waals surface area contributed by atoms with E-state index in [1.165, 1.54) is 11.8 Å². The molecule has 2 fully saturated rings. The molecule has 1 N–H and O–H groups in total. The minimum absolute atomic E-state index is 0.00380. The molecule has 2 rings (SSSR count). The Kier molecular flexibility index (Phi) is 5.08. The third kappa shape index (κ3) is 4.29. The van der Waals surface area contributed by atoms with Crippen molar-refractivity contribution < 1.29 is 14.4 Å². The van der Waals surface area contributed by atoms with Crippen molar-refractivity contribution >= 4 is 41.2 Å². The van der Waals surface area contributed by atoms with Crippen LogP contribution in [0.4, 0.5) is 0 Å². The number of nitrogens with one attached hydrogen (secondary N) is 1. The minimum atomic E-state index is -0.438. The van der Waals surface area contributed by atoms with Crippen LogP contribution in [-0.2, 0) is 14.4 Å². The van der Waals surface area contributed by atoms with Gasteiger partial charge in [0.2, 0.25) is 17.7 Å². The van der Waals surface area contributed by atoms with E-state index in [1.54, 1.807) is 21.6 Å². The van der Waals surface area contributed by atoms with Crippen LogP contribution in [0.2, 0.25) is 0 Å². The predicted octanol–water partition coefficient (Wildman–Crippen LogP) is 0.336. The maximum atomic E-state index is 12.4. The average Bonchev–Trinajstić information content (AvgIpc) is 2.96. The van der Waals surface area contributed by atoms with E-state index in [9.17, 15) is 14.4 Å². The van der Waals surface area contributed by atoms with E-state index in [2.05, 4.69) is 5.32 Å². The van der Waals surface area contributed by atoms with Crippen LogP contribution in [0.25, 0.3) is 0 Å². The Bertz CT molecular complexity index is 450. The van der Waals surface area contributed by atoms with Crippen molar-refractivity contribution in [3.05, 3.63) is 0 Å². The van der Waals surface area contributed by atoms with Gasteiger partial charge in [-0.25, -0.2) is 0 Å². The van der Waals surface area contributed by atoms with Gasteiger partial charge in [-0.05, 0) is 20.8 Å². The summed E-state index contributed by atoms with van der Waals surface area (Å²) in [4.78, 5) is 39.3. The zero-order valence-electron chi connectivity index (χ0n) is 12.5. The zero-order chi connectivity index (χ0) is 15.6. The van der Waals surface area contributed by atoms with E-state index in [1.807, 2.05) is 20.8 Å². The SMILES string of the molecule is CC(C)(C)NC(=O)[C@@H]1CSCN1C(=O)CN1CSCC1=O. The number of hydrogen-bond donors (Lipinski definition) is 1. The molecule has 2 heterocycles. The van der Waals surface area contributed by atoms with Crippen LogP contribution in [-0.4, -0.2) is 68.9 Å². The lowest BCUT2D eigenvalue weighted by molar-refractivity contribution is -0.141. The van der Waals surface area contributed by atoms with Gasteiger partial charge in [-0.1, -0.05) is 0 Å². The number of hydrogen-bond acceptors (Lipinski definition) is 5. The second-order valence-electron chi connectivity index (χ2n) is 6.19. The summed E-state index contributed by atoms with van der Waals surface area (Å²) in [5.74, 6) is 1.84. The second kappa shape index (κ2) is 6.48. The van der Waals surface area contributed by atoms with Gasteiger partial charge in [-0.15, -0.1) is 23.5 Å². The molecule has 3 amide bonds. The Morgan fingerprint density at radius 3 is 2.57 bits per heavy atom. The molecule has 0 radical (unpaired) electrons. The van der Waals surface area contributed by atoms with Gasteiger partial charge in [-0.3, -0.25) is 14.4 Å². The van der Waals surface area contributed by atoms with E-state index in [0.717, 1.165) is 0 Å². The average molecular weight is 331 g/mol. The van der Waals surface area contributed by atoms with Crippen molar-refractivity contribution in [2.45, 2.75) is 32.4 Å².